The van der Waals surface area contributed by atoms with Gasteiger partial charge in [0.25, 0.3) is 5.91 Å². The zero-order valence-corrected chi connectivity index (χ0v) is 5.51. The highest BCUT2D eigenvalue weighted by Crippen LogP contribution is 2.13. The molecule has 0 bridgehead atoms. The topological polar surface area (TPSA) is 66.5 Å². The van der Waals surface area contributed by atoms with E-state index < -0.39 is 5.92 Å². The van der Waals surface area contributed by atoms with Crippen LogP contribution in [0.5, 0.6) is 0 Å². The van der Waals surface area contributed by atoms with E-state index in [9.17, 15) is 4.79 Å². The van der Waals surface area contributed by atoms with E-state index in [4.69, 9.17) is 0 Å². The molecular weight excluding hydrogens is 144 g/mol. The molecule has 11 heavy (non-hydrogen) atoms. The molecule has 0 fully saturated rings. The summed E-state index contributed by atoms with van der Waals surface area (Å²) < 4.78 is 0. The molecule has 0 N–H and O–H groups in total. The molecule has 54 valence electrons. The van der Waals surface area contributed by atoms with E-state index in [-0.39, 0.29) is 5.91 Å². The molecule has 5 nitrogen and oxygen atoms in total. The standard InChI is InChI=1S/C6H4N4O/c11-6-4-1-2-9-10-5(4)7-3-8-6/h1-4H. The largest absolute Gasteiger partial charge is 0.271 e. The van der Waals surface area contributed by atoms with E-state index in [0.717, 1.165) is 0 Å². The van der Waals surface area contributed by atoms with Gasteiger partial charge in [-0.1, -0.05) is 0 Å². The Morgan fingerprint density at radius 3 is 3.18 bits per heavy atom. The van der Waals surface area contributed by atoms with Crippen LogP contribution in [-0.4, -0.2) is 18.1 Å². The van der Waals surface area contributed by atoms with Gasteiger partial charge in [-0.05, 0) is 6.08 Å². The van der Waals surface area contributed by atoms with E-state index in [0.29, 0.717) is 5.84 Å². The lowest BCUT2D eigenvalue weighted by Gasteiger charge is -2.10. The van der Waals surface area contributed by atoms with Crippen LogP contribution in [0.1, 0.15) is 0 Å². The second-order valence-electron chi connectivity index (χ2n) is 2.10. The van der Waals surface area contributed by atoms with Crippen molar-refractivity contribution in [2.75, 3.05) is 0 Å². The molecule has 0 saturated carbocycles. The van der Waals surface area contributed by atoms with Crippen LogP contribution < -0.4 is 0 Å². The summed E-state index contributed by atoms with van der Waals surface area (Å²) in [6.45, 7) is 0. The van der Waals surface area contributed by atoms with Crippen LogP contribution in [0.3, 0.4) is 0 Å². The van der Waals surface area contributed by atoms with Crippen molar-refractivity contribution in [1.82, 2.24) is 0 Å². The van der Waals surface area contributed by atoms with Gasteiger partial charge >= 0.3 is 0 Å². The molecule has 0 aromatic heterocycles. The second kappa shape index (κ2) is 2.19. The first kappa shape index (κ1) is 6.09. The van der Waals surface area contributed by atoms with Gasteiger partial charge in [-0.3, -0.25) is 4.79 Å². The third kappa shape index (κ3) is 0.899. The first-order valence-corrected chi connectivity index (χ1v) is 3.09. The van der Waals surface area contributed by atoms with Crippen LogP contribution in [-0.2, 0) is 4.79 Å². The summed E-state index contributed by atoms with van der Waals surface area (Å²) in [6.07, 6.45) is 4.30. The molecular formula is C6H4N4O. The molecule has 1 atom stereocenters. The van der Waals surface area contributed by atoms with E-state index in [2.05, 4.69) is 20.2 Å². The van der Waals surface area contributed by atoms with Gasteiger partial charge in [-0.25, -0.2) is 9.98 Å². The van der Waals surface area contributed by atoms with Gasteiger partial charge in [0, 0.05) is 6.20 Å². The molecule has 0 spiro atoms. The summed E-state index contributed by atoms with van der Waals surface area (Å²) in [5, 5.41) is 7.27. The van der Waals surface area contributed by atoms with Crippen molar-refractivity contribution in [2.45, 2.75) is 0 Å². The van der Waals surface area contributed by atoms with Crippen molar-refractivity contribution < 1.29 is 4.79 Å². The number of hydrogen-bond acceptors (Lipinski definition) is 4. The number of nitrogens with zero attached hydrogens (tertiary/aromatic N) is 4. The summed E-state index contributed by atoms with van der Waals surface area (Å²) in [7, 11) is 0. The Labute approximate surface area is 62.3 Å². The molecule has 2 rings (SSSR count). The Morgan fingerprint density at radius 1 is 1.45 bits per heavy atom. The molecule has 0 aromatic rings. The maximum absolute atomic E-state index is 11.0. The normalized spacial score (nSPS) is 26.7. The number of aliphatic imine (C=N–C) groups is 2. The van der Waals surface area contributed by atoms with Crippen LogP contribution in [0.2, 0.25) is 0 Å². The molecule has 1 amide bonds. The Hall–Kier alpha value is -1.65. The number of hydrogen-bond donors (Lipinski definition) is 0. The number of azo groups is 1. The van der Waals surface area contributed by atoms with Gasteiger partial charge in [0.15, 0.2) is 5.84 Å². The number of fused-ring (bicyclic) bond motifs is 1. The van der Waals surface area contributed by atoms with Crippen molar-refractivity contribution in [2.24, 2.45) is 26.1 Å². The minimum absolute atomic E-state index is 0.232. The first-order chi connectivity index (χ1) is 5.38. The van der Waals surface area contributed by atoms with Gasteiger partial charge in [-0.15, -0.1) is 5.11 Å². The van der Waals surface area contributed by atoms with Gasteiger partial charge < -0.3 is 0 Å². The minimum Gasteiger partial charge on any atom is -0.271 e. The fourth-order valence-corrected chi connectivity index (χ4v) is 0.889. The smallest absolute Gasteiger partial charge is 0.261 e. The van der Waals surface area contributed by atoms with E-state index in [1.807, 2.05) is 0 Å². The van der Waals surface area contributed by atoms with Crippen molar-refractivity contribution in [1.29, 1.82) is 0 Å². The molecule has 0 aromatic carbocycles. The number of amidine groups is 1. The summed E-state index contributed by atoms with van der Waals surface area (Å²) in [5.74, 6) is -0.213. The number of rotatable bonds is 0. The summed E-state index contributed by atoms with van der Waals surface area (Å²) in [4.78, 5) is 18.3. The van der Waals surface area contributed by atoms with Crippen molar-refractivity contribution in [3.8, 4) is 0 Å². The third-order valence-corrected chi connectivity index (χ3v) is 1.42. The predicted molar refractivity (Wildman–Crippen MR) is 38.4 cm³/mol. The highest BCUT2D eigenvalue weighted by Gasteiger charge is 2.25. The van der Waals surface area contributed by atoms with Crippen molar-refractivity contribution in [3.05, 3.63) is 12.3 Å². The molecule has 5 heteroatoms. The number of carbonyl (C=O) groups is 1. The zero-order valence-electron chi connectivity index (χ0n) is 5.51. The molecule has 2 aliphatic heterocycles. The highest BCUT2D eigenvalue weighted by atomic mass is 16.1. The Morgan fingerprint density at radius 2 is 2.36 bits per heavy atom. The van der Waals surface area contributed by atoms with Crippen LogP contribution in [0, 0.1) is 5.92 Å². The first-order valence-electron chi connectivity index (χ1n) is 3.09. The third-order valence-electron chi connectivity index (χ3n) is 1.42. The second-order valence-corrected chi connectivity index (χ2v) is 2.10. The lowest BCUT2D eigenvalue weighted by molar-refractivity contribution is -0.118. The fourth-order valence-electron chi connectivity index (χ4n) is 0.889. The molecule has 2 heterocycles. The van der Waals surface area contributed by atoms with E-state index >= 15 is 0 Å². The molecule has 0 radical (unpaired) electrons. The maximum Gasteiger partial charge on any atom is 0.261 e. The van der Waals surface area contributed by atoms with Crippen molar-refractivity contribution >= 4 is 18.1 Å². The van der Waals surface area contributed by atoms with E-state index in [1.165, 1.54) is 12.5 Å². The van der Waals surface area contributed by atoms with Crippen LogP contribution >= 0.6 is 0 Å². The average Bonchev–Trinajstić information content (AvgIpc) is 2.06. The summed E-state index contributed by atoms with van der Waals surface area (Å²) in [6, 6.07) is 0. The van der Waals surface area contributed by atoms with Gasteiger partial charge in [-0.2, -0.15) is 5.11 Å². The van der Waals surface area contributed by atoms with Gasteiger partial charge in [0.2, 0.25) is 0 Å². The quantitative estimate of drug-likeness (QED) is 0.494. The fraction of sp³-hybridized carbons (Fsp3) is 0.167. The van der Waals surface area contributed by atoms with Crippen LogP contribution in [0.15, 0.2) is 32.5 Å². The monoisotopic (exact) mass is 148 g/mol. The van der Waals surface area contributed by atoms with Gasteiger partial charge in [0.05, 0.1) is 0 Å². The minimum atomic E-state index is -0.405. The highest BCUT2D eigenvalue weighted by molar-refractivity contribution is 6.12. The molecule has 2 aliphatic rings. The number of amides is 1. The lowest BCUT2D eigenvalue weighted by atomic mass is 10.1. The van der Waals surface area contributed by atoms with Crippen LogP contribution in [0.4, 0.5) is 0 Å². The summed E-state index contributed by atoms with van der Waals surface area (Å²) >= 11 is 0. The van der Waals surface area contributed by atoms with E-state index in [1.54, 1.807) is 6.08 Å². The number of carbonyl (C=O) groups excluding carboxylic acids is 1. The molecule has 0 saturated heterocycles. The molecule has 0 aliphatic carbocycles. The Bertz CT molecular complexity index is 313. The summed E-state index contributed by atoms with van der Waals surface area (Å²) in [5.41, 5.74) is 0. The SMILES string of the molecule is O=C1N=CN=C2N=NC=CC12. The lowest BCUT2D eigenvalue weighted by Crippen LogP contribution is -2.23. The Kier molecular flexibility index (Phi) is 1.21. The Balaban J connectivity index is 2.43. The maximum atomic E-state index is 11.0. The average molecular weight is 148 g/mol. The van der Waals surface area contributed by atoms with Crippen molar-refractivity contribution in [3.63, 3.8) is 0 Å². The van der Waals surface area contributed by atoms with Gasteiger partial charge in [0.1, 0.15) is 12.3 Å². The predicted octanol–water partition coefficient (Wildman–Crippen LogP) is 0.549. The molecule has 1 unspecified atom stereocenters. The zero-order chi connectivity index (χ0) is 7.68. The van der Waals surface area contributed by atoms with Crippen LogP contribution in [0.25, 0.3) is 0 Å².